The zero-order valence-electron chi connectivity index (χ0n) is 9.91. The molecule has 1 saturated carbocycles. The first-order chi connectivity index (χ1) is 7.79. The maximum Gasteiger partial charge on any atom is 0.0959 e. The summed E-state index contributed by atoms with van der Waals surface area (Å²) in [6.07, 6.45) is 9.08. The highest BCUT2D eigenvalue weighted by Crippen LogP contribution is 2.38. The van der Waals surface area contributed by atoms with Gasteiger partial charge >= 0.3 is 0 Å². The van der Waals surface area contributed by atoms with Crippen LogP contribution in [0.15, 0.2) is 18.9 Å². The van der Waals surface area contributed by atoms with Crippen molar-refractivity contribution < 1.29 is 0 Å². The number of thiazole rings is 1. The van der Waals surface area contributed by atoms with Gasteiger partial charge < -0.3 is 5.32 Å². The van der Waals surface area contributed by atoms with E-state index in [2.05, 4.69) is 23.8 Å². The smallest absolute Gasteiger partial charge is 0.0959 e. The standard InChI is InChI=1S/C13H20N2S/c1-3-5-10(2)14-8-12-9-15-13(16-12)11-6-4-7-11/h3,9-11,14H,1,4-8H2,2H3. The van der Waals surface area contributed by atoms with Gasteiger partial charge in [0.1, 0.15) is 0 Å². The molecular weight excluding hydrogens is 216 g/mol. The molecule has 1 unspecified atom stereocenters. The van der Waals surface area contributed by atoms with E-state index in [4.69, 9.17) is 0 Å². The molecule has 1 atom stereocenters. The molecule has 0 saturated heterocycles. The normalized spacial score (nSPS) is 18.1. The Bertz CT molecular complexity index is 341. The Kier molecular flexibility index (Phi) is 4.13. The molecule has 0 amide bonds. The van der Waals surface area contributed by atoms with Crippen LogP contribution in [-0.4, -0.2) is 11.0 Å². The van der Waals surface area contributed by atoms with Crippen LogP contribution in [0.25, 0.3) is 0 Å². The number of rotatable bonds is 6. The molecule has 88 valence electrons. The summed E-state index contributed by atoms with van der Waals surface area (Å²) in [7, 11) is 0. The fourth-order valence-corrected chi connectivity index (χ4v) is 2.89. The van der Waals surface area contributed by atoms with Crippen molar-refractivity contribution in [3.05, 3.63) is 28.7 Å². The molecule has 2 rings (SSSR count). The van der Waals surface area contributed by atoms with E-state index >= 15 is 0 Å². The Morgan fingerprint density at radius 2 is 2.50 bits per heavy atom. The van der Waals surface area contributed by atoms with Gasteiger partial charge in [-0.3, -0.25) is 0 Å². The molecule has 1 aromatic heterocycles. The number of nitrogens with zero attached hydrogens (tertiary/aromatic N) is 1. The van der Waals surface area contributed by atoms with E-state index in [1.807, 2.05) is 23.6 Å². The molecule has 1 fully saturated rings. The summed E-state index contributed by atoms with van der Waals surface area (Å²) < 4.78 is 0. The van der Waals surface area contributed by atoms with E-state index in [1.165, 1.54) is 29.1 Å². The fraction of sp³-hybridized carbons (Fsp3) is 0.615. The lowest BCUT2D eigenvalue weighted by Gasteiger charge is -2.22. The summed E-state index contributed by atoms with van der Waals surface area (Å²) in [6.45, 7) is 6.89. The molecule has 1 heterocycles. The van der Waals surface area contributed by atoms with Crippen LogP contribution in [0.4, 0.5) is 0 Å². The second kappa shape index (κ2) is 5.60. The maximum absolute atomic E-state index is 4.52. The number of aromatic nitrogens is 1. The van der Waals surface area contributed by atoms with E-state index in [9.17, 15) is 0 Å². The van der Waals surface area contributed by atoms with Gasteiger partial charge in [0, 0.05) is 29.6 Å². The third-order valence-corrected chi connectivity index (χ3v) is 4.33. The predicted molar refractivity (Wildman–Crippen MR) is 69.8 cm³/mol. The monoisotopic (exact) mass is 236 g/mol. The molecule has 0 bridgehead atoms. The van der Waals surface area contributed by atoms with Crippen LogP contribution in [0.1, 0.15) is 48.4 Å². The Labute approximate surface area is 102 Å². The average molecular weight is 236 g/mol. The van der Waals surface area contributed by atoms with Crippen LogP contribution in [0.3, 0.4) is 0 Å². The van der Waals surface area contributed by atoms with Crippen molar-refractivity contribution in [3.8, 4) is 0 Å². The van der Waals surface area contributed by atoms with E-state index in [-0.39, 0.29) is 0 Å². The Hall–Kier alpha value is -0.670. The quantitative estimate of drug-likeness (QED) is 0.765. The number of nitrogens with one attached hydrogen (secondary N) is 1. The van der Waals surface area contributed by atoms with Gasteiger partial charge in [-0.05, 0) is 26.2 Å². The van der Waals surface area contributed by atoms with Gasteiger partial charge in [0.15, 0.2) is 0 Å². The molecule has 1 aromatic rings. The zero-order valence-corrected chi connectivity index (χ0v) is 10.7. The number of hydrogen-bond donors (Lipinski definition) is 1. The van der Waals surface area contributed by atoms with Crippen molar-refractivity contribution in [2.45, 2.75) is 51.1 Å². The second-order valence-electron chi connectivity index (χ2n) is 4.60. The molecule has 0 radical (unpaired) electrons. The molecule has 1 N–H and O–H groups in total. The van der Waals surface area contributed by atoms with E-state index < -0.39 is 0 Å². The van der Waals surface area contributed by atoms with E-state index in [0.717, 1.165) is 18.9 Å². The minimum absolute atomic E-state index is 0.506. The van der Waals surface area contributed by atoms with Crippen LogP contribution in [0.2, 0.25) is 0 Å². The maximum atomic E-state index is 4.52. The molecular formula is C13H20N2S. The summed E-state index contributed by atoms with van der Waals surface area (Å²) in [5, 5.41) is 4.83. The summed E-state index contributed by atoms with van der Waals surface area (Å²) in [6, 6.07) is 0.506. The van der Waals surface area contributed by atoms with Crippen LogP contribution in [0.5, 0.6) is 0 Å². The lowest BCUT2D eigenvalue weighted by atomic mass is 9.86. The predicted octanol–water partition coefficient (Wildman–Crippen LogP) is 3.46. The average Bonchev–Trinajstić information content (AvgIpc) is 2.61. The molecule has 0 aromatic carbocycles. The van der Waals surface area contributed by atoms with Gasteiger partial charge in [-0.25, -0.2) is 4.98 Å². The molecule has 16 heavy (non-hydrogen) atoms. The summed E-state index contributed by atoms with van der Waals surface area (Å²) in [5.41, 5.74) is 0. The molecule has 3 heteroatoms. The third-order valence-electron chi connectivity index (χ3n) is 3.17. The van der Waals surface area contributed by atoms with Crippen LogP contribution >= 0.6 is 11.3 Å². The summed E-state index contributed by atoms with van der Waals surface area (Å²) in [4.78, 5) is 5.88. The first-order valence-corrected chi connectivity index (χ1v) is 6.90. The molecule has 1 aliphatic carbocycles. The van der Waals surface area contributed by atoms with Crippen molar-refractivity contribution in [2.24, 2.45) is 0 Å². The van der Waals surface area contributed by atoms with Gasteiger partial charge in [0.25, 0.3) is 0 Å². The SMILES string of the molecule is C=CCC(C)NCc1cnc(C2CCC2)s1. The lowest BCUT2D eigenvalue weighted by Crippen LogP contribution is -2.24. The third kappa shape index (κ3) is 2.92. The minimum atomic E-state index is 0.506. The van der Waals surface area contributed by atoms with Crippen molar-refractivity contribution >= 4 is 11.3 Å². The largest absolute Gasteiger partial charge is 0.309 e. The highest BCUT2D eigenvalue weighted by molar-refractivity contribution is 7.11. The van der Waals surface area contributed by atoms with Gasteiger partial charge in [-0.1, -0.05) is 12.5 Å². The van der Waals surface area contributed by atoms with Crippen molar-refractivity contribution in [3.63, 3.8) is 0 Å². The topological polar surface area (TPSA) is 24.9 Å². The Balaban J connectivity index is 1.80. The van der Waals surface area contributed by atoms with E-state index in [0.29, 0.717) is 6.04 Å². The van der Waals surface area contributed by atoms with Crippen molar-refractivity contribution in [1.29, 1.82) is 0 Å². The second-order valence-corrected chi connectivity index (χ2v) is 5.75. The van der Waals surface area contributed by atoms with Gasteiger partial charge in [-0.15, -0.1) is 17.9 Å². The molecule has 0 spiro atoms. The van der Waals surface area contributed by atoms with Crippen LogP contribution in [-0.2, 0) is 6.54 Å². The van der Waals surface area contributed by atoms with Crippen LogP contribution < -0.4 is 5.32 Å². The Morgan fingerprint density at radius 1 is 1.69 bits per heavy atom. The van der Waals surface area contributed by atoms with Crippen molar-refractivity contribution in [1.82, 2.24) is 10.3 Å². The first-order valence-electron chi connectivity index (χ1n) is 6.08. The molecule has 1 aliphatic rings. The van der Waals surface area contributed by atoms with Crippen molar-refractivity contribution in [2.75, 3.05) is 0 Å². The Morgan fingerprint density at radius 3 is 3.12 bits per heavy atom. The summed E-state index contributed by atoms with van der Waals surface area (Å²) >= 11 is 1.88. The van der Waals surface area contributed by atoms with Crippen LogP contribution in [0, 0.1) is 0 Å². The van der Waals surface area contributed by atoms with E-state index in [1.54, 1.807) is 0 Å². The molecule has 0 aliphatic heterocycles. The number of hydrogen-bond acceptors (Lipinski definition) is 3. The highest BCUT2D eigenvalue weighted by atomic mass is 32.1. The van der Waals surface area contributed by atoms with Gasteiger partial charge in [0.05, 0.1) is 5.01 Å². The minimum Gasteiger partial charge on any atom is -0.309 e. The van der Waals surface area contributed by atoms with Gasteiger partial charge in [0.2, 0.25) is 0 Å². The lowest BCUT2D eigenvalue weighted by molar-refractivity contribution is 0.418. The fourth-order valence-electron chi connectivity index (χ4n) is 1.86. The molecule has 2 nitrogen and oxygen atoms in total. The summed E-state index contributed by atoms with van der Waals surface area (Å²) in [5.74, 6) is 0.768. The van der Waals surface area contributed by atoms with Gasteiger partial charge in [-0.2, -0.15) is 0 Å². The highest BCUT2D eigenvalue weighted by Gasteiger charge is 2.22. The zero-order chi connectivity index (χ0) is 11.4. The first kappa shape index (κ1) is 11.8.